The molecule has 8 heteroatoms. The molecule has 3 rings (SSSR count). The molecule has 6 nitrogen and oxygen atoms in total. The smallest absolute Gasteiger partial charge is 0.410 e. The van der Waals surface area contributed by atoms with Crippen molar-refractivity contribution in [2.75, 3.05) is 32.8 Å². The molecule has 0 aromatic heterocycles. The van der Waals surface area contributed by atoms with Gasteiger partial charge in [-0.3, -0.25) is 4.90 Å². The van der Waals surface area contributed by atoms with Crippen LogP contribution < -0.4 is 0 Å². The molecule has 0 N–H and O–H groups in total. The number of fused-ring (bicyclic) bond motifs is 1. The number of morpholine rings is 1. The minimum absolute atomic E-state index is 0.00981. The van der Waals surface area contributed by atoms with Gasteiger partial charge < -0.3 is 14.4 Å². The first-order valence-electron chi connectivity index (χ1n) is 8.90. The maximum absolute atomic E-state index is 13.9. The van der Waals surface area contributed by atoms with Crippen molar-refractivity contribution >= 4 is 6.09 Å². The van der Waals surface area contributed by atoms with Crippen LogP contribution in [0.5, 0.6) is 0 Å². The maximum Gasteiger partial charge on any atom is 0.410 e. The largest absolute Gasteiger partial charge is 0.444 e. The molecule has 2 unspecified atom stereocenters. The van der Waals surface area contributed by atoms with Crippen molar-refractivity contribution in [1.29, 1.82) is 5.26 Å². The van der Waals surface area contributed by atoms with Crippen molar-refractivity contribution in [3.05, 3.63) is 34.9 Å². The van der Waals surface area contributed by atoms with E-state index in [1.165, 1.54) is 6.07 Å². The number of amides is 1. The highest BCUT2D eigenvalue weighted by Crippen LogP contribution is 2.29. The number of halogens is 2. The zero-order valence-corrected chi connectivity index (χ0v) is 15.7. The number of piperazine rings is 1. The predicted molar refractivity (Wildman–Crippen MR) is 92.9 cm³/mol. The summed E-state index contributed by atoms with van der Waals surface area (Å²) in [6.07, 6.45) is -0.827. The van der Waals surface area contributed by atoms with E-state index in [1.54, 1.807) is 4.90 Å². The van der Waals surface area contributed by atoms with E-state index < -0.39 is 28.9 Å². The van der Waals surface area contributed by atoms with Gasteiger partial charge in [-0.2, -0.15) is 5.26 Å². The lowest BCUT2D eigenvalue weighted by Crippen LogP contribution is -2.60. The summed E-state index contributed by atoms with van der Waals surface area (Å²) in [5.74, 6) is -1.76. The van der Waals surface area contributed by atoms with E-state index in [1.807, 2.05) is 20.8 Å². The second-order valence-electron chi connectivity index (χ2n) is 7.87. The number of nitriles is 1. The molecule has 2 aliphatic heterocycles. The fourth-order valence-corrected chi connectivity index (χ4v) is 3.36. The van der Waals surface area contributed by atoms with Crippen LogP contribution in [0.1, 0.15) is 38.0 Å². The van der Waals surface area contributed by atoms with Gasteiger partial charge in [0.1, 0.15) is 28.9 Å². The molecular formula is C19H23F2N3O3. The molecule has 0 bridgehead atoms. The highest BCUT2D eigenvalue weighted by Gasteiger charge is 2.37. The van der Waals surface area contributed by atoms with E-state index in [-0.39, 0.29) is 12.1 Å². The summed E-state index contributed by atoms with van der Waals surface area (Å²) in [6.45, 7) is 7.92. The van der Waals surface area contributed by atoms with Crippen molar-refractivity contribution in [2.24, 2.45) is 0 Å². The highest BCUT2D eigenvalue weighted by atomic mass is 19.1. The van der Waals surface area contributed by atoms with E-state index in [4.69, 9.17) is 14.7 Å². The summed E-state index contributed by atoms with van der Waals surface area (Å²) in [7, 11) is 0. The third-order valence-electron chi connectivity index (χ3n) is 4.69. The normalized spacial score (nSPS) is 23.5. The van der Waals surface area contributed by atoms with E-state index in [2.05, 4.69) is 4.90 Å². The Hall–Kier alpha value is -2.24. The van der Waals surface area contributed by atoms with Gasteiger partial charge in [-0.15, -0.1) is 0 Å². The van der Waals surface area contributed by atoms with E-state index in [9.17, 15) is 13.6 Å². The van der Waals surface area contributed by atoms with Gasteiger partial charge in [-0.25, -0.2) is 13.6 Å². The maximum atomic E-state index is 13.9. The fourth-order valence-electron chi connectivity index (χ4n) is 3.36. The average Bonchev–Trinajstić information content (AvgIpc) is 2.59. The number of benzene rings is 1. The summed E-state index contributed by atoms with van der Waals surface area (Å²) in [5, 5.41) is 8.78. The summed E-state index contributed by atoms with van der Waals surface area (Å²) >= 11 is 0. The minimum atomic E-state index is -0.882. The van der Waals surface area contributed by atoms with Crippen LogP contribution in [0, 0.1) is 23.0 Å². The molecule has 1 aromatic rings. The van der Waals surface area contributed by atoms with Gasteiger partial charge >= 0.3 is 6.09 Å². The van der Waals surface area contributed by atoms with E-state index >= 15 is 0 Å². The minimum Gasteiger partial charge on any atom is -0.444 e. The highest BCUT2D eigenvalue weighted by molar-refractivity contribution is 5.68. The molecule has 27 heavy (non-hydrogen) atoms. The van der Waals surface area contributed by atoms with Gasteiger partial charge in [0.25, 0.3) is 0 Å². The lowest BCUT2D eigenvalue weighted by molar-refractivity contribution is -0.0907. The Labute approximate surface area is 157 Å². The molecule has 0 aliphatic carbocycles. The molecule has 2 heterocycles. The van der Waals surface area contributed by atoms with E-state index in [0.29, 0.717) is 38.3 Å². The van der Waals surface area contributed by atoms with Crippen molar-refractivity contribution in [3.63, 3.8) is 0 Å². The molecule has 2 saturated heterocycles. The summed E-state index contributed by atoms with van der Waals surface area (Å²) in [4.78, 5) is 16.1. The van der Waals surface area contributed by atoms with Crippen LogP contribution in [0.3, 0.4) is 0 Å². The quantitative estimate of drug-likeness (QED) is 0.751. The molecule has 2 atom stereocenters. The van der Waals surface area contributed by atoms with Crippen LogP contribution in [0.25, 0.3) is 0 Å². The monoisotopic (exact) mass is 379 g/mol. The van der Waals surface area contributed by atoms with Gasteiger partial charge in [0, 0.05) is 26.2 Å². The second-order valence-corrected chi connectivity index (χ2v) is 7.87. The number of rotatable bonds is 1. The Bertz CT molecular complexity index is 749. The van der Waals surface area contributed by atoms with E-state index in [0.717, 1.165) is 12.1 Å². The lowest BCUT2D eigenvalue weighted by Gasteiger charge is -2.46. The van der Waals surface area contributed by atoms with Crippen LogP contribution in [0.4, 0.5) is 13.6 Å². The second kappa shape index (κ2) is 7.41. The predicted octanol–water partition coefficient (Wildman–Crippen LogP) is 2.83. The van der Waals surface area contributed by atoms with Crippen LogP contribution in [-0.2, 0) is 9.47 Å². The van der Waals surface area contributed by atoms with Crippen LogP contribution in [-0.4, -0.2) is 60.3 Å². The number of carbonyl (C=O) groups is 1. The standard InChI is InChI=1S/C19H23F2N3O3/c1-19(2,3)27-18(25)24-5-4-23-10-17(26-11-13(23)9-24)12-6-15(20)14(8-22)16(21)7-12/h6-7,13,17H,4-5,9-11H2,1-3H3. The Morgan fingerprint density at radius 2 is 1.93 bits per heavy atom. The lowest BCUT2D eigenvalue weighted by atomic mass is 10.0. The fraction of sp³-hybridized carbons (Fsp3) is 0.579. The molecule has 146 valence electrons. The van der Waals surface area contributed by atoms with Crippen molar-refractivity contribution in [1.82, 2.24) is 9.80 Å². The summed E-state index contributed by atoms with van der Waals surface area (Å²) < 4.78 is 39.0. The zero-order valence-electron chi connectivity index (χ0n) is 15.7. The third kappa shape index (κ3) is 4.37. The number of nitrogens with zero attached hydrogens (tertiary/aromatic N) is 3. The summed E-state index contributed by atoms with van der Waals surface area (Å²) in [5.41, 5.74) is -0.762. The Morgan fingerprint density at radius 3 is 2.52 bits per heavy atom. The third-order valence-corrected chi connectivity index (χ3v) is 4.69. The van der Waals surface area contributed by atoms with Crippen molar-refractivity contribution in [3.8, 4) is 6.07 Å². The first-order valence-corrected chi connectivity index (χ1v) is 8.90. The van der Waals surface area contributed by atoms with Crippen molar-refractivity contribution < 1.29 is 23.0 Å². The first kappa shape index (κ1) is 19.5. The number of hydrogen-bond donors (Lipinski definition) is 0. The van der Waals surface area contributed by atoms with Crippen molar-refractivity contribution in [2.45, 2.75) is 38.5 Å². The van der Waals surface area contributed by atoms with Crippen LogP contribution in [0.15, 0.2) is 12.1 Å². The van der Waals surface area contributed by atoms with Gasteiger partial charge in [-0.1, -0.05) is 0 Å². The van der Waals surface area contributed by atoms with Crippen LogP contribution >= 0.6 is 0 Å². The van der Waals surface area contributed by atoms with Gasteiger partial charge in [0.2, 0.25) is 0 Å². The zero-order chi connectivity index (χ0) is 19.8. The molecule has 0 spiro atoms. The molecule has 1 aromatic carbocycles. The molecule has 1 amide bonds. The first-order chi connectivity index (χ1) is 12.7. The average molecular weight is 379 g/mol. The number of hydrogen-bond acceptors (Lipinski definition) is 5. The Balaban J connectivity index is 1.65. The summed E-state index contributed by atoms with van der Waals surface area (Å²) in [6, 6.07) is 3.84. The van der Waals surface area contributed by atoms with Gasteiger partial charge in [0.15, 0.2) is 0 Å². The topological polar surface area (TPSA) is 65.8 Å². The number of ether oxygens (including phenoxy) is 2. The van der Waals surface area contributed by atoms with Crippen LogP contribution in [0.2, 0.25) is 0 Å². The van der Waals surface area contributed by atoms with Gasteiger partial charge in [-0.05, 0) is 38.5 Å². The number of carbonyl (C=O) groups excluding carboxylic acids is 1. The molecule has 0 radical (unpaired) electrons. The molecule has 0 saturated carbocycles. The Morgan fingerprint density at radius 1 is 1.26 bits per heavy atom. The van der Waals surface area contributed by atoms with Gasteiger partial charge in [0.05, 0.1) is 18.8 Å². The molecular weight excluding hydrogens is 356 g/mol. The Kier molecular flexibility index (Phi) is 5.36. The molecule has 2 aliphatic rings. The molecule has 2 fully saturated rings. The SMILES string of the molecule is CC(C)(C)OC(=O)N1CCN2CC(c3cc(F)c(C#N)c(F)c3)OCC2C1.